The number of ether oxygens (including phenoxy) is 2. The molecule has 1 aliphatic rings. The van der Waals surface area contributed by atoms with Gasteiger partial charge in [0.25, 0.3) is 0 Å². The minimum absolute atomic E-state index is 0.0176. The summed E-state index contributed by atoms with van der Waals surface area (Å²) in [5, 5.41) is 22.8. The van der Waals surface area contributed by atoms with Crippen LogP contribution in [0.5, 0.6) is 17.2 Å². The number of carbonyl (C=O) groups excluding carboxylic acids is 2. The Morgan fingerprint density at radius 3 is 1.44 bits per heavy atom. The van der Waals surface area contributed by atoms with E-state index in [1.54, 1.807) is 6.92 Å². The lowest BCUT2D eigenvalue weighted by molar-refractivity contribution is -0.155. The van der Waals surface area contributed by atoms with Gasteiger partial charge in [0.1, 0.15) is 23.9 Å². The fourth-order valence-electron chi connectivity index (χ4n) is 8.37. The van der Waals surface area contributed by atoms with Gasteiger partial charge < -0.3 is 19.7 Å². The van der Waals surface area contributed by atoms with Gasteiger partial charge in [-0.3, -0.25) is 14.5 Å². The molecule has 7 heteroatoms. The minimum atomic E-state index is -0.413. The third-order valence-corrected chi connectivity index (χ3v) is 11.0. The summed E-state index contributed by atoms with van der Waals surface area (Å²) in [6, 6.07) is 7.52. The van der Waals surface area contributed by atoms with E-state index in [4.69, 9.17) is 9.47 Å². The predicted octanol–water partition coefficient (Wildman–Crippen LogP) is 10.8. The molecule has 1 heterocycles. The molecule has 2 N–H and O–H groups in total. The van der Waals surface area contributed by atoms with Gasteiger partial charge in [-0.15, -0.1) is 0 Å². The van der Waals surface area contributed by atoms with Crippen LogP contribution in [0.3, 0.4) is 0 Å². The van der Waals surface area contributed by atoms with Crippen molar-refractivity contribution in [3.8, 4) is 17.2 Å². The van der Waals surface area contributed by atoms with E-state index in [9.17, 15) is 19.8 Å². The van der Waals surface area contributed by atoms with Crippen LogP contribution in [0.4, 0.5) is 0 Å². The first-order valence-electron chi connectivity index (χ1n) is 19.3. The molecule has 7 nitrogen and oxygen atoms in total. The number of aromatic hydroxyl groups is 2. The molecule has 0 bridgehead atoms. The maximum Gasteiger partial charge on any atom is 0.314 e. The minimum Gasteiger partial charge on any atom is -0.507 e. The standard InChI is InChI=1S/C45H71NO6/c1-19-36(47)51-26-35(28-20-31(40(3,4)5)37(48)32(21-28)41(6,7)8)46-44(15,16)24-29(25-45(46,17)18)27(2)39(50)52-30-22-33(42(9,10)11)38(49)34(23-30)43(12,13)14/h20-23,27,29,35,48-49H,19,24-26H2,1-18H3. The average Bonchev–Trinajstić information content (AvgIpc) is 2.95. The van der Waals surface area contributed by atoms with Gasteiger partial charge in [-0.1, -0.05) is 96.9 Å². The lowest BCUT2D eigenvalue weighted by atomic mass is 9.68. The van der Waals surface area contributed by atoms with Gasteiger partial charge in [0, 0.05) is 28.6 Å². The number of phenols is 2. The molecular formula is C45H71NO6. The molecule has 0 radical (unpaired) electrons. The molecule has 0 aliphatic carbocycles. The molecule has 1 aliphatic heterocycles. The highest BCUT2D eigenvalue weighted by Gasteiger charge is 2.51. The Kier molecular flexibility index (Phi) is 12.2. The SMILES string of the molecule is CCC(=O)OCC(c1cc(C(C)(C)C)c(O)c(C(C)(C)C)c1)N1C(C)(C)CC(C(C)C(=O)Oc2cc(C(C)(C)C)c(O)c(C(C)(C)C)c2)CC1(C)C. The van der Waals surface area contributed by atoms with Crippen molar-refractivity contribution in [3.05, 3.63) is 52.1 Å². The third kappa shape index (κ3) is 9.53. The fraction of sp³-hybridized carbons (Fsp3) is 0.689. The van der Waals surface area contributed by atoms with Gasteiger partial charge in [-0.25, -0.2) is 0 Å². The summed E-state index contributed by atoms with van der Waals surface area (Å²) in [5.74, 6) is 0.106. The highest BCUT2D eigenvalue weighted by Crippen LogP contribution is 2.51. The molecule has 2 aromatic carbocycles. The van der Waals surface area contributed by atoms with Crippen LogP contribution in [0, 0.1) is 11.8 Å². The number of likely N-dealkylation sites (tertiary alicyclic amines) is 1. The molecule has 3 rings (SSSR count). The molecule has 0 aromatic heterocycles. The maximum atomic E-state index is 14.0. The number of carbonyl (C=O) groups is 2. The fourth-order valence-corrected chi connectivity index (χ4v) is 8.37. The van der Waals surface area contributed by atoms with Crippen molar-refractivity contribution in [1.82, 2.24) is 4.90 Å². The zero-order valence-corrected chi connectivity index (χ0v) is 35.8. The van der Waals surface area contributed by atoms with Crippen molar-refractivity contribution < 1.29 is 29.3 Å². The molecule has 2 aromatic rings. The van der Waals surface area contributed by atoms with Crippen LogP contribution in [0.2, 0.25) is 0 Å². The van der Waals surface area contributed by atoms with Gasteiger partial charge in [-0.2, -0.15) is 0 Å². The van der Waals surface area contributed by atoms with Gasteiger partial charge in [-0.05, 0) is 109 Å². The molecule has 0 saturated carbocycles. The van der Waals surface area contributed by atoms with Crippen molar-refractivity contribution in [1.29, 1.82) is 0 Å². The first-order chi connectivity index (χ1) is 23.3. The number of nitrogens with zero attached hydrogens (tertiary/aromatic N) is 1. The van der Waals surface area contributed by atoms with Gasteiger partial charge >= 0.3 is 11.9 Å². The first-order valence-corrected chi connectivity index (χ1v) is 19.3. The molecule has 0 spiro atoms. The Hall–Kier alpha value is -3.06. The van der Waals surface area contributed by atoms with Crippen molar-refractivity contribution in [2.45, 2.75) is 183 Å². The van der Waals surface area contributed by atoms with Gasteiger partial charge in [0.2, 0.25) is 0 Å². The van der Waals surface area contributed by atoms with Crippen LogP contribution >= 0.6 is 0 Å². The average molecular weight is 722 g/mol. The monoisotopic (exact) mass is 722 g/mol. The number of hydrogen-bond acceptors (Lipinski definition) is 7. The number of phenolic OH excluding ortho intramolecular Hbond substituents is 2. The van der Waals surface area contributed by atoms with E-state index in [2.05, 4.69) is 86.3 Å². The Morgan fingerprint density at radius 1 is 0.731 bits per heavy atom. The molecule has 52 heavy (non-hydrogen) atoms. The Labute approximate surface area is 315 Å². The van der Waals surface area contributed by atoms with E-state index in [1.165, 1.54) is 0 Å². The molecule has 0 amide bonds. The van der Waals surface area contributed by atoms with E-state index >= 15 is 0 Å². The smallest absolute Gasteiger partial charge is 0.314 e. The summed E-state index contributed by atoms with van der Waals surface area (Å²) in [6.07, 6.45) is 1.72. The second kappa shape index (κ2) is 14.6. The number of piperidine rings is 1. The van der Waals surface area contributed by atoms with Crippen molar-refractivity contribution in [2.24, 2.45) is 11.8 Å². The Bertz CT molecular complexity index is 1530. The molecule has 2 atom stereocenters. The van der Waals surface area contributed by atoms with Crippen LogP contribution in [0.15, 0.2) is 24.3 Å². The van der Waals surface area contributed by atoms with Crippen molar-refractivity contribution >= 4 is 11.9 Å². The third-order valence-electron chi connectivity index (χ3n) is 11.0. The number of hydrogen-bond donors (Lipinski definition) is 2. The maximum absolute atomic E-state index is 14.0. The van der Waals surface area contributed by atoms with E-state index in [0.717, 1.165) is 40.7 Å². The number of esters is 2. The van der Waals surface area contributed by atoms with E-state index in [0.29, 0.717) is 11.5 Å². The highest BCUT2D eigenvalue weighted by atomic mass is 16.5. The summed E-state index contributed by atoms with van der Waals surface area (Å²) >= 11 is 0. The summed E-state index contributed by atoms with van der Waals surface area (Å²) in [4.78, 5) is 29.1. The van der Waals surface area contributed by atoms with Crippen LogP contribution in [-0.4, -0.2) is 44.7 Å². The van der Waals surface area contributed by atoms with E-state index in [-0.39, 0.29) is 64.3 Å². The van der Waals surface area contributed by atoms with Crippen LogP contribution < -0.4 is 4.74 Å². The summed E-state index contributed by atoms with van der Waals surface area (Å²) in [7, 11) is 0. The lowest BCUT2D eigenvalue weighted by Crippen LogP contribution is -2.63. The number of rotatable bonds is 8. The lowest BCUT2D eigenvalue weighted by Gasteiger charge is -2.59. The molecule has 1 saturated heterocycles. The summed E-state index contributed by atoms with van der Waals surface area (Å²) < 4.78 is 12.1. The largest absolute Gasteiger partial charge is 0.507 e. The molecule has 1 fully saturated rings. The number of benzene rings is 2. The summed E-state index contributed by atoms with van der Waals surface area (Å²) in [6.45, 7) is 37.7. The van der Waals surface area contributed by atoms with Gasteiger partial charge in [0.05, 0.1) is 12.0 Å². The van der Waals surface area contributed by atoms with Crippen LogP contribution in [0.25, 0.3) is 0 Å². The van der Waals surface area contributed by atoms with E-state index in [1.807, 2.05) is 60.6 Å². The Balaban J connectivity index is 2.08. The van der Waals surface area contributed by atoms with Crippen LogP contribution in [-0.2, 0) is 36.0 Å². The van der Waals surface area contributed by atoms with Crippen LogP contribution in [0.1, 0.15) is 178 Å². The van der Waals surface area contributed by atoms with Crippen molar-refractivity contribution in [3.63, 3.8) is 0 Å². The quantitative estimate of drug-likeness (QED) is 0.207. The second-order valence-electron chi connectivity index (χ2n) is 20.8. The topological polar surface area (TPSA) is 96.3 Å². The van der Waals surface area contributed by atoms with Gasteiger partial charge in [0.15, 0.2) is 0 Å². The normalized spacial score (nSPS) is 18.5. The second-order valence-corrected chi connectivity index (χ2v) is 20.8. The molecular weight excluding hydrogens is 650 g/mol. The Morgan fingerprint density at radius 2 is 1.10 bits per heavy atom. The zero-order chi connectivity index (χ0) is 40.2. The highest BCUT2D eigenvalue weighted by molar-refractivity contribution is 5.75. The van der Waals surface area contributed by atoms with E-state index < -0.39 is 17.0 Å². The summed E-state index contributed by atoms with van der Waals surface area (Å²) in [5.41, 5.74) is 2.06. The predicted molar refractivity (Wildman–Crippen MR) is 213 cm³/mol. The molecule has 292 valence electrons. The molecule has 2 unspecified atom stereocenters. The first kappa shape index (κ1) is 43.3. The zero-order valence-electron chi connectivity index (χ0n) is 35.8. The van der Waals surface area contributed by atoms with Crippen molar-refractivity contribution in [2.75, 3.05) is 6.61 Å².